The fraction of sp³-hybridized carbons (Fsp3) is 0.290. The Hall–Kier alpha value is -4.02. The zero-order valence-corrected chi connectivity index (χ0v) is 23.8. The molecule has 1 atom stereocenters. The van der Waals surface area contributed by atoms with Crippen LogP contribution in [0.2, 0.25) is 0 Å². The lowest BCUT2D eigenvalue weighted by Gasteiger charge is -2.32. The van der Waals surface area contributed by atoms with Crippen LogP contribution in [0.5, 0.6) is 0 Å². The molecule has 0 radical (unpaired) electrons. The predicted octanol–water partition coefficient (Wildman–Crippen LogP) is 4.16. The van der Waals surface area contributed by atoms with Gasteiger partial charge in [0, 0.05) is 38.3 Å². The normalized spacial score (nSPS) is 15.3. The topological polar surface area (TPSA) is 98.8 Å². The number of carbonyl (C=O) groups excluding carboxylic acids is 2. The highest BCUT2D eigenvalue weighted by molar-refractivity contribution is 7.95. The molecule has 1 fully saturated rings. The number of rotatable bonds is 10. The van der Waals surface area contributed by atoms with Gasteiger partial charge in [-0.25, -0.2) is 13.2 Å². The number of sulfone groups is 1. The molecule has 3 aromatic carbocycles. The van der Waals surface area contributed by atoms with Crippen molar-refractivity contribution in [3.05, 3.63) is 113 Å². The van der Waals surface area contributed by atoms with Crippen molar-refractivity contribution >= 4 is 21.8 Å². The van der Waals surface area contributed by atoms with E-state index in [1.54, 1.807) is 35.2 Å². The first kappa shape index (κ1) is 30.0. The second-order valence-corrected chi connectivity index (χ2v) is 11.9. The smallest absolute Gasteiger partial charge is 0.317 e. The molecule has 3 amide bonds. The lowest BCUT2D eigenvalue weighted by atomic mass is 10.0. The molecule has 1 heterocycles. The van der Waals surface area contributed by atoms with Gasteiger partial charge in [0.15, 0.2) is 0 Å². The van der Waals surface area contributed by atoms with E-state index in [1.165, 1.54) is 24.3 Å². The average Bonchev–Trinajstić information content (AvgIpc) is 3.00. The predicted molar refractivity (Wildman–Crippen MR) is 157 cm³/mol. The van der Waals surface area contributed by atoms with E-state index in [0.29, 0.717) is 30.6 Å². The highest BCUT2D eigenvalue weighted by atomic mass is 32.2. The van der Waals surface area contributed by atoms with Gasteiger partial charge in [-0.1, -0.05) is 66.7 Å². The third-order valence-corrected chi connectivity index (χ3v) is 8.57. The van der Waals surface area contributed by atoms with Gasteiger partial charge in [-0.3, -0.25) is 4.79 Å². The molecule has 1 aliphatic heterocycles. The van der Waals surface area contributed by atoms with E-state index in [-0.39, 0.29) is 23.9 Å². The number of likely N-dealkylation sites (N-methyl/N-ethyl adjacent to an activating group) is 1. The summed E-state index contributed by atoms with van der Waals surface area (Å²) in [4.78, 5) is 29.8. The number of halogens is 1. The van der Waals surface area contributed by atoms with Crippen LogP contribution in [-0.2, 0) is 22.8 Å². The van der Waals surface area contributed by atoms with Crippen LogP contribution >= 0.6 is 0 Å². The SMILES string of the molecule is CN1CCN(C(=O)NCc2ccccc2C(=O)N[C@H](/C=C(\F)S(=O)(=O)c2ccccc2)CCc2ccccc2)CC1. The van der Waals surface area contributed by atoms with E-state index in [0.717, 1.165) is 24.7 Å². The number of hydrogen-bond acceptors (Lipinski definition) is 5. The van der Waals surface area contributed by atoms with Crippen molar-refractivity contribution < 1.29 is 22.4 Å². The monoisotopic (exact) mass is 578 g/mol. The van der Waals surface area contributed by atoms with Crippen molar-refractivity contribution in [2.75, 3.05) is 33.2 Å². The Morgan fingerprint density at radius 3 is 2.20 bits per heavy atom. The van der Waals surface area contributed by atoms with Gasteiger partial charge < -0.3 is 20.4 Å². The van der Waals surface area contributed by atoms with Gasteiger partial charge in [-0.05, 0) is 55.3 Å². The highest BCUT2D eigenvalue weighted by Crippen LogP contribution is 2.22. The minimum absolute atomic E-state index is 0.135. The van der Waals surface area contributed by atoms with Gasteiger partial charge in [-0.15, -0.1) is 0 Å². The highest BCUT2D eigenvalue weighted by Gasteiger charge is 2.24. The van der Waals surface area contributed by atoms with Crippen molar-refractivity contribution in [1.29, 1.82) is 0 Å². The standard InChI is InChI=1S/C31H35FN4O4S/c1-35-18-20-36(21-19-35)31(38)33-23-25-12-8-9-15-28(25)30(37)34-26(17-16-24-10-4-2-5-11-24)22-29(32)41(39,40)27-13-6-3-7-14-27/h2-15,22,26H,16-21,23H2,1H3,(H,33,38)(H,34,37)/b29-22+/t26-/m0/s1. The molecule has 0 bridgehead atoms. The van der Waals surface area contributed by atoms with Crippen LogP contribution in [0.4, 0.5) is 9.18 Å². The number of aryl methyl sites for hydroxylation is 1. The Balaban J connectivity index is 1.50. The molecule has 0 saturated carbocycles. The van der Waals surface area contributed by atoms with Crippen molar-refractivity contribution in [2.45, 2.75) is 30.3 Å². The summed E-state index contributed by atoms with van der Waals surface area (Å²) in [6.45, 7) is 2.96. The molecule has 3 aromatic rings. The van der Waals surface area contributed by atoms with Crippen LogP contribution in [0.15, 0.2) is 101 Å². The Morgan fingerprint density at radius 1 is 0.902 bits per heavy atom. The van der Waals surface area contributed by atoms with Crippen molar-refractivity contribution in [2.24, 2.45) is 0 Å². The second kappa shape index (κ2) is 14.0. The zero-order valence-electron chi connectivity index (χ0n) is 23.0. The molecular formula is C31H35FN4O4S. The van der Waals surface area contributed by atoms with E-state index >= 15 is 4.39 Å². The lowest BCUT2D eigenvalue weighted by molar-refractivity contribution is 0.0941. The zero-order chi connectivity index (χ0) is 29.2. The molecule has 1 saturated heterocycles. The number of piperazine rings is 1. The molecule has 216 valence electrons. The summed E-state index contributed by atoms with van der Waals surface area (Å²) < 4.78 is 40.9. The van der Waals surface area contributed by atoms with Gasteiger partial charge in [0.25, 0.3) is 5.91 Å². The fourth-order valence-corrected chi connectivity index (χ4v) is 5.64. The average molecular weight is 579 g/mol. The minimum Gasteiger partial charge on any atom is -0.346 e. The van der Waals surface area contributed by atoms with E-state index < -0.39 is 26.9 Å². The summed E-state index contributed by atoms with van der Waals surface area (Å²) in [6.07, 6.45) is 1.72. The Bertz CT molecular complexity index is 1460. The molecule has 2 N–H and O–H groups in total. The summed E-state index contributed by atoms with van der Waals surface area (Å²) in [5.41, 5.74) is 1.88. The maximum Gasteiger partial charge on any atom is 0.317 e. The molecule has 8 nitrogen and oxygen atoms in total. The van der Waals surface area contributed by atoms with E-state index in [1.807, 2.05) is 37.4 Å². The summed E-state index contributed by atoms with van der Waals surface area (Å²) in [5, 5.41) is 4.37. The summed E-state index contributed by atoms with van der Waals surface area (Å²) in [5.74, 6) is -0.492. The second-order valence-electron chi connectivity index (χ2n) is 10.00. The third kappa shape index (κ3) is 8.25. The van der Waals surface area contributed by atoms with E-state index in [9.17, 15) is 18.0 Å². The van der Waals surface area contributed by atoms with Gasteiger partial charge in [0.1, 0.15) is 0 Å². The van der Waals surface area contributed by atoms with E-state index in [4.69, 9.17) is 0 Å². The summed E-state index contributed by atoms with van der Waals surface area (Å²) >= 11 is 0. The van der Waals surface area contributed by atoms with Crippen LogP contribution in [0.1, 0.15) is 27.9 Å². The number of nitrogens with one attached hydrogen (secondary N) is 2. The first-order chi connectivity index (χ1) is 19.7. The number of carbonyl (C=O) groups is 2. The van der Waals surface area contributed by atoms with Crippen molar-refractivity contribution in [1.82, 2.24) is 20.4 Å². The molecule has 10 heteroatoms. The molecule has 4 rings (SSSR count). The molecule has 0 aliphatic carbocycles. The molecule has 1 aliphatic rings. The maximum absolute atomic E-state index is 15.3. The number of hydrogen-bond donors (Lipinski definition) is 2. The van der Waals surface area contributed by atoms with Crippen LogP contribution < -0.4 is 10.6 Å². The van der Waals surface area contributed by atoms with Crippen molar-refractivity contribution in [3.63, 3.8) is 0 Å². The van der Waals surface area contributed by atoms with Gasteiger partial charge in [0.2, 0.25) is 15.0 Å². The Kier molecular flexibility index (Phi) is 10.3. The fourth-order valence-electron chi connectivity index (χ4n) is 4.56. The van der Waals surface area contributed by atoms with E-state index in [2.05, 4.69) is 15.5 Å². The minimum atomic E-state index is -4.37. The number of urea groups is 1. The molecule has 0 spiro atoms. The van der Waals surface area contributed by atoms with Crippen LogP contribution in [0.3, 0.4) is 0 Å². The number of nitrogens with zero attached hydrogens (tertiary/aromatic N) is 2. The van der Waals surface area contributed by atoms with Crippen LogP contribution in [0, 0.1) is 0 Å². The Labute approximate surface area is 240 Å². The maximum atomic E-state index is 15.3. The quantitative estimate of drug-likeness (QED) is 0.377. The Morgan fingerprint density at radius 2 is 1.51 bits per heavy atom. The third-order valence-electron chi connectivity index (χ3n) is 7.03. The molecular weight excluding hydrogens is 543 g/mol. The van der Waals surface area contributed by atoms with Crippen LogP contribution in [0.25, 0.3) is 0 Å². The summed E-state index contributed by atoms with van der Waals surface area (Å²) in [6, 6.07) is 22.6. The molecule has 0 aromatic heterocycles. The molecule has 0 unspecified atom stereocenters. The summed E-state index contributed by atoms with van der Waals surface area (Å²) in [7, 11) is -2.36. The van der Waals surface area contributed by atoms with Gasteiger partial charge >= 0.3 is 6.03 Å². The number of amides is 3. The van der Waals surface area contributed by atoms with Gasteiger partial charge in [-0.2, -0.15) is 4.39 Å². The van der Waals surface area contributed by atoms with Gasteiger partial charge in [0.05, 0.1) is 10.9 Å². The lowest BCUT2D eigenvalue weighted by Crippen LogP contribution is -2.50. The first-order valence-electron chi connectivity index (χ1n) is 13.6. The molecule has 41 heavy (non-hydrogen) atoms. The first-order valence-corrected chi connectivity index (χ1v) is 15.0. The number of benzene rings is 3. The largest absolute Gasteiger partial charge is 0.346 e. The van der Waals surface area contributed by atoms with Crippen LogP contribution in [-0.4, -0.2) is 69.4 Å². The van der Waals surface area contributed by atoms with Crippen molar-refractivity contribution in [3.8, 4) is 0 Å².